The van der Waals surface area contributed by atoms with Crippen LogP contribution in [0.5, 0.6) is 0 Å². The van der Waals surface area contributed by atoms with Crippen molar-refractivity contribution in [3.05, 3.63) is 87.5 Å². The number of carbonyl (C=O) groups is 3. The van der Waals surface area contributed by atoms with E-state index in [1.165, 1.54) is 11.1 Å². The number of allylic oxidation sites excluding steroid dienone is 1. The van der Waals surface area contributed by atoms with Crippen LogP contribution in [0.2, 0.25) is 0 Å². The van der Waals surface area contributed by atoms with Crippen LogP contribution in [0.15, 0.2) is 53.3 Å². The molecule has 53 heavy (non-hydrogen) atoms. The largest absolute Gasteiger partial charge is 0.343 e. The van der Waals surface area contributed by atoms with E-state index in [1.54, 1.807) is 6.33 Å². The number of fused-ring (bicyclic) bond motifs is 2. The van der Waals surface area contributed by atoms with Gasteiger partial charge in [-0.15, -0.1) is 10.2 Å². The summed E-state index contributed by atoms with van der Waals surface area (Å²) in [4.78, 5) is 52.5. The maximum Gasteiger partial charge on any atom is 0.226 e. The number of ketones is 1. The zero-order valence-corrected chi connectivity index (χ0v) is 30.7. The van der Waals surface area contributed by atoms with E-state index in [0.717, 1.165) is 98.4 Å². The van der Waals surface area contributed by atoms with Crippen LogP contribution in [0.25, 0.3) is 6.08 Å². The fourth-order valence-electron chi connectivity index (χ4n) is 9.52. The zero-order chi connectivity index (χ0) is 35.8. The van der Waals surface area contributed by atoms with Crippen molar-refractivity contribution in [3.63, 3.8) is 0 Å². The van der Waals surface area contributed by atoms with E-state index in [2.05, 4.69) is 51.3 Å². The van der Waals surface area contributed by atoms with Crippen LogP contribution in [0, 0.1) is 18.8 Å². The van der Waals surface area contributed by atoms with E-state index < -0.39 is 5.92 Å². The van der Waals surface area contributed by atoms with Crippen LogP contribution in [0.4, 0.5) is 0 Å². The lowest BCUT2D eigenvalue weighted by Crippen LogP contribution is -2.50. The normalized spacial score (nSPS) is 20.5. The summed E-state index contributed by atoms with van der Waals surface area (Å²) in [6.07, 6.45) is 12.6. The SMILES string of the molecule is C.Cc1cc(C[C@@H](CC(=O)N2CCC(C3=Cc4ccccc4CC3=O)CC2)C(=O)N2CCC(N3CCC(c4nncn4C)CC3)CC2)cc2c1CN=C2. The van der Waals surface area contributed by atoms with Gasteiger partial charge in [0.1, 0.15) is 12.2 Å². The van der Waals surface area contributed by atoms with Crippen LogP contribution in [-0.2, 0) is 40.8 Å². The Balaban J connectivity index is 0.00000435. The molecular weight excluding hydrogens is 663 g/mol. The third kappa shape index (κ3) is 7.79. The summed E-state index contributed by atoms with van der Waals surface area (Å²) < 4.78 is 2.04. The number of hydrogen-bond donors (Lipinski definition) is 0. The van der Waals surface area contributed by atoms with Crippen molar-refractivity contribution in [1.29, 1.82) is 0 Å². The minimum Gasteiger partial charge on any atom is -0.343 e. The number of aliphatic imine (C=N–C) groups is 1. The number of aromatic nitrogens is 3. The molecule has 10 nitrogen and oxygen atoms in total. The number of likely N-dealkylation sites (tertiary alicyclic amines) is 3. The molecule has 1 aromatic heterocycles. The fraction of sp³-hybridized carbons (Fsp3) is 0.535. The number of piperidine rings is 3. The van der Waals surface area contributed by atoms with Gasteiger partial charge in [-0.3, -0.25) is 19.4 Å². The lowest BCUT2D eigenvalue weighted by molar-refractivity contribution is -0.143. The minimum absolute atomic E-state index is 0. The summed E-state index contributed by atoms with van der Waals surface area (Å²) in [7, 11) is 2.02. The second-order valence-electron chi connectivity index (χ2n) is 15.8. The lowest BCUT2D eigenvalue weighted by Gasteiger charge is -2.42. The molecule has 5 aliphatic rings. The summed E-state index contributed by atoms with van der Waals surface area (Å²) in [6, 6.07) is 13.0. The fourth-order valence-corrected chi connectivity index (χ4v) is 9.52. The first-order chi connectivity index (χ1) is 25.3. The standard InChI is InChI=1S/C42H51N7O3.CH4/c1-28-19-29(21-35-25-43-26-38(28)35)20-34(24-40(51)48-15-7-30(8-16-48)37-22-32-5-3-4-6-33(32)23-39(37)50)42(52)49-17-11-36(12-18-49)47-13-9-31(10-14-47)41-45-44-27-46(41)2;/h3-6,19,21-22,25,27,30-31,34,36H,7-18,20,23-24,26H2,1-2H3;1H4/t34-;/m0./s1. The Kier molecular flexibility index (Phi) is 11.1. The number of aryl methyl sites for hydroxylation is 2. The van der Waals surface area contributed by atoms with Crippen molar-refractivity contribution in [3.8, 4) is 0 Å². The molecule has 0 bridgehead atoms. The molecule has 0 radical (unpaired) electrons. The predicted octanol–water partition coefficient (Wildman–Crippen LogP) is 5.56. The highest BCUT2D eigenvalue weighted by molar-refractivity contribution is 6.04. The van der Waals surface area contributed by atoms with Gasteiger partial charge < -0.3 is 19.3 Å². The Labute approximate surface area is 314 Å². The quantitative estimate of drug-likeness (QED) is 0.303. The van der Waals surface area contributed by atoms with Crippen molar-refractivity contribution in [2.75, 3.05) is 39.3 Å². The highest BCUT2D eigenvalue weighted by Crippen LogP contribution is 2.34. The van der Waals surface area contributed by atoms with E-state index in [0.29, 0.717) is 44.4 Å². The third-order valence-corrected chi connectivity index (χ3v) is 12.6. The molecule has 8 rings (SSSR count). The Morgan fingerprint density at radius 2 is 1.60 bits per heavy atom. The van der Waals surface area contributed by atoms with E-state index in [9.17, 15) is 14.4 Å². The first-order valence-electron chi connectivity index (χ1n) is 19.4. The van der Waals surface area contributed by atoms with Gasteiger partial charge in [0, 0.05) is 64.2 Å². The van der Waals surface area contributed by atoms with Gasteiger partial charge >= 0.3 is 0 Å². The average molecular weight is 718 g/mol. The zero-order valence-electron chi connectivity index (χ0n) is 30.7. The monoisotopic (exact) mass is 717 g/mol. The van der Waals surface area contributed by atoms with Gasteiger partial charge in [-0.2, -0.15) is 0 Å². The van der Waals surface area contributed by atoms with E-state index in [4.69, 9.17) is 0 Å². The summed E-state index contributed by atoms with van der Waals surface area (Å²) in [6.45, 7) is 7.60. The number of hydrogen-bond acceptors (Lipinski definition) is 7. The molecule has 0 unspecified atom stereocenters. The first-order valence-corrected chi connectivity index (χ1v) is 19.4. The van der Waals surface area contributed by atoms with Crippen LogP contribution < -0.4 is 0 Å². The smallest absolute Gasteiger partial charge is 0.226 e. The predicted molar refractivity (Wildman–Crippen MR) is 208 cm³/mol. The molecule has 280 valence electrons. The van der Waals surface area contributed by atoms with Crippen molar-refractivity contribution in [1.82, 2.24) is 29.5 Å². The van der Waals surface area contributed by atoms with Crippen LogP contribution in [0.1, 0.15) is 97.5 Å². The van der Waals surface area contributed by atoms with Crippen molar-refractivity contribution >= 4 is 29.9 Å². The van der Waals surface area contributed by atoms with E-state index in [1.807, 2.05) is 45.8 Å². The van der Waals surface area contributed by atoms with E-state index in [-0.39, 0.29) is 37.4 Å². The highest BCUT2D eigenvalue weighted by atomic mass is 16.2. The number of benzene rings is 2. The highest BCUT2D eigenvalue weighted by Gasteiger charge is 2.36. The van der Waals surface area contributed by atoms with Gasteiger partial charge in [-0.25, -0.2) is 0 Å². The second kappa shape index (κ2) is 15.9. The second-order valence-corrected chi connectivity index (χ2v) is 15.8. The number of carbonyl (C=O) groups excluding carboxylic acids is 3. The molecule has 3 saturated heterocycles. The first kappa shape index (κ1) is 36.9. The van der Waals surface area contributed by atoms with Gasteiger partial charge in [0.05, 0.1) is 12.5 Å². The molecule has 4 aliphatic heterocycles. The molecule has 0 spiro atoms. The van der Waals surface area contributed by atoms with Crippen molar-refractivity contribution in [2.24, 2.45) is 23.9 Å². The summed E-state index contributed by atoms with van der Waals surface area (Å²) in [5.74, 6) is 1.64. The molecule has 2 aromatic carbocycles. The Bertz CT molecular complexity index is 1890. The van der Waals surface area contributed by atoms with Crippen LogP contribution in [-0.4, -0.2) is 98.6 Å². The molecule has 2 amide bonds. The molecule has 5 heterocycles. The molecule has 0 N–H and O–H groups in total. The third-order valence-electron chi connectivity index (χ3n) is 12.6. The number of nitrogens with zero attached hydrogens (tertiary/aromatic N) is 7. The summed E-state index contributed by atoms with van der Waals surface area (Å²) >= 11 is 0. The maximum absolute atomic E-state index is 14.4. The molecule has 3 fully saturated rings. The Morgan fingerprint density at radius 1 is 0.887 bits per heavy atom. The minimum atomic E-state index is -0.418. The van der Waals surface area contributed by atoms with Crippen LogP contribution >= 0.6 is 0 Å². The average Bonchev–Trinajstić information content (AvgIpc) is 3.83. The summed E-state index contributed by atoms with van der Waals surface area (Å²) in [5, 5.41) is 8.44. The molecule has 0 saturated carbocycles. The topological polar surface area (TPSA) is 104 Å². The van der Waals surface area contributed by atoms with Gasteiger partial charge in [0.2, 0.25) is 11.8 Å². The Hall–Kier alpha value is -4.44. The van der Waals surface area contributed by atoms with Crippen molar-refractivity contribution < 1.29 is 14.4 Å². The molecular formula is C43H55N7O3. The molecule has 3 aromatic rings. The summed E-state index contributed by atoms with van der Waals surface area (Å²) in [5.41, 5.74) is 7.81. The van der Waals surface area contributed by atoms with Gasteiger partial charge in [-0.05, 0) is 122 Å². The van der Waals surface area contributed by atoms with Gasteiger partial charge in [-0.1, -0.05) is 37.8 Å². The van der Waals surface area contributed by atoms with Gasteiger partial charge in [0.15, 0.2) is 5.78 Å². The Morgan fingerprint density at radius 3 is 2.34 bits per heavy atom. The molecule has 1 aliphatic carbocycles. The van der Waals surface area contributed by atoms with E-state index >= 15 is 0 Å². The van der Waals surface area contributed by atoms with Crippen LogP contribution in [0.3, 0.4) is 0 Å². The number of rotatable bonds is 8. The lowest BCUT2D eigenvalue weighted by atomic mass is 9.80. The number of Topliss-reactive ketones (excluding diaryl/α,β-unsaturated/α-hetero) is 1. The van der Waals surface area contributed by atoms with Gasteiger partial charge in [0.25, 0.3) is 0 Å². The maximum atomic E-state index is 14.4. The molecule has 10 heteroatoms. The molecule has 1 atom stereocenters. The van der Waals surface area contributed by atoms with Crippen molar-refractivity contribution in [2.45, 2.75) is 90.6 Å². The number of amides is 2.